The third-order valence-corrected chi connectivity index (χ3v) is 4.70. The van der Waals surface area contributed by atoms with E-state index in [9.17, 15) is 4.79 Å². The van der Waals surface area contributed by atoms with Crippen LogP contribution in [0.2, 0.25) is 0 Å². The van der Waals surface area contributed by atoms with Gasteiger partial charge in [0.05, 0.1) is 32.3 Å². The zero-order chi connectivity index (χ0) is 16.1. The summed E-state index contributed by atoms with van der Waals surface area (Å²) in [7, 11) is 1.86. The monoisotopic (exact) mass is 335 g/mol. The Balaban J connectivity index is 1.47. The number of thiophene rings is 1. The highest BCUT2D eigenvalue weighted by molar-refractivity contribution is 7.09. The summed E-state index contributed by atoms with van der Waals surface area (Å²) < 4.78 is 7.52. The highest BCUT2D eigenvalue weighted by Crippen LogP contribution is 2.12. The van der Waals surface area contributed by atoms with Gasteiger partial charge in [-0.3, -0.25) is 14.4 Å². The molecule has 23 heavy (non-hydrogen) atoms. The number of morpholine rings is 1. The van der Waals surface area contributed by atoms with Crippen molar-refractivity contribution >= 4 is 17.2 Å². The summed E-state index contributed by atoms with van der Waals surface area (Å²) in [5, 5.41) is 6.13. The first-order valence-electron chi connectivity index (χ1n) is 7.63. The number of amides is 1. The Morgan fingerprint density at radius 3 is 3.22 bits per heavy atom. The average Bonchev–Trinajstić information content (AvgIpc) is 3.21. The first-order valence-corrected chi connectivity index (χ1v) is 8.51. The van der Waals surface area contributed by atoms with Crippen molar-refractivity contribution in [3.05, 3.63) is 35.0 Å². The van der Waals surface area contributed by atoms with E-state index < -0.39 is 0 Å². The van der Waals surface area contributed by atoms with Crippen LogP contribution in [0.15, 0.2) is 30.2 Å². The lowest BCUT2D eigenvalue weighted by atomic mass is 10.2. The summed E-state index contributed by atoms with van der Waals surface area (Å²) in [6.45, 7) is 3.92. The molecular formula is C15H21N5O2S. The Hall–Kier alpha value is -1.77. The summed E-state index contributed by atoms with van der Waals surface area (Å²) in [6, 6.07) is 4.06. The second-order valence-corrected chi connectivity index (χ2v) is 6.71. The van der Waals surface area contributed by atoms with Gasteiger partial charge in [-0.25, -0.2) is 4.98 Å². The van der Waals surface area contributed by atoms with Gasteiger partial charge in [-0.1, -0.05) is 6.07 Å². The number of hydrogen-bond acceptors (Lipinski definition) is 6. The summed E-state index contributed by atoms with van der Waals surface area (Å²) in [5.41, 5.74) is 0. The van der Waals surface area contributed by atoms with Crippen molar-refractivity contribution < 1.29 is 9.53 Å². The largest absolute Gasteiger partial charge is 0.374 e. The van der Waals surface area contributed by atoms with Crippen molar-refractivity contribution in [1.82, 2.24) is 24.6 Å². The Kier molecular flexibility index (Phi) is 5.37. The number of carbonyl (C=O) groups excluding carboxylic acids is 1. The number of ether oxygens (including phenoxy) is 1. The minimum atomic E-state index is 0.0425. The van der Waals surface area contributed by atoms with E-state index in [0.29, 0.717) is 26.2 Å². The van der Waals surface area contributed by atoms with E-state index in [-0.39, 0.29) is 12.0 Å². The maximum Gasteiger partial charge on any atom is 0.236 e. The van der Waals surface area contributed by atoms with Gasteiger partial charge < -0.3 is 9.64 Å². The fraction of sp³-hybridized carbons (Fsp3) is 0.533. The molecule has 1 atom stereocenters. The molecule has 1 saturated heterocycles. The van der Waals surface area contributed by atoms with Crippen molar-refractivity contribution in [3.8, 4) is 0 Å². The van der Waals surface area contributed by atoms with Gasteiger partial charge in [-0.05, 0) is 11.4 Å². The van der Waals surface area contributed by atoms with Gasteiger partial charge in [0.25, 0.3) is 0 Å². The maximum absolute atomic E-state index is 12.4. The number of hydrogen-bond donors (Lipinski definition) is 0. The molecule has 1 aliphatic heterocycles. The Labute approximate surface area is 139 Å². The predicted octanol–water partition coefficient (Wildman–Crippen LogP) is 0.699. The van der Waals surface area contributed by atoms with Gasteiger partial charge in [-0.2, -0.15) is 5.10 Å². The molecule has 1 amide bonds. The summed E-state index contributed by atoms with van der Waals surface area (Å²) >= 11 is 1.67. The molecule has 2 aromatic heterocycles. The van der Waals surface area contributed by atoms with Crippen molar-refractivity contribution in [2.45, 2.75) is 19.2 Å². The van der Waals surface area contributed by atoms with Crippen LogP contribution in [0.1, 0.15) is 4.88 Å². The molecular weight excluding hydrogens is 314 g/mol. The molecule has 3 heterocycles. The topological polar surface area (TPSA) is 63.5 Å². The number of likely N-dealkylation sites (N-methyl/N-ethyl adjacent to an activating group) is 1. The summed E-state index contributed by atoms with van der Waals surface area (Å²) in [5.74, 6) is 0.139. The molecule has 1 aliphatic rings. The van der Waals surface area contributed by atoms with Crippen LogP contribution in [0.25, 0.3) is 0 Å². The lowest BCUT2D eigenvalue weighted by Gasteiger charge is -2.33. The maximum atomic E-state index is 12.4. The Morgan fingerprint density at radius 2 is 2.48 bits per heavy atom. The van der Waals surface area contributed by atoms with E-state index in [4.69, 9.17) is 4.74 Å². The van der Waals surface area contributed by atoms with E-state index in [1.165, 1.54) is 11.2 Å². The number of nitrogens with zero attached hydrogens (tertiary/aromatic N) is 5. The van der Waals surface area contributed by atoms with Gasteiger partial charge in [0, 0.05) is 25.0 Å². The molecule has 0 radical (unpaired) electrons. The highest BCUT2D eigenvalue weighted by atomic mass is 32.1. The fourth-order valence-corrected chi connectivity index (χ4v) is 3.36. The molecule has 0 unspecified atom stereocenters. The summed E-state index contributed by atoms with van der Waals surface area (Å²) in [4.78, 5) is 21.5. The first-order chi connectivity index (χ1) is 11.2. The zero-order valence-electron chi connectivity index (χ0n) is 13.2. The summed E-state index contributed by atoms with van der Waals surface area (Å²) in [6.07, 6.45) is 3.24. The molecule has 1 fully saturated rings. The number of carbonyl (C=O) groups is 1. The van der Waals surface area contributed by atoms with Gasteiger partial charge in [-0.15, -0.1) is 11.3 Å². The Morgan fingerprint density at radius 1 is 1.57 bits per heavy atom. The molecule has 0 saturated carbocycles. The van der Waals surface area contributed by atoms with Crippen LogP contribution in [0.4, 0.5) is 0 Å². The standard InChI is InChI=1S/C15H21N5O2S/c1-18(9-14-3-2-6-23-14)15(21)10-19-4-5-22-13(7-19)8-20-12-16-11-17-20/h2-3,6,11-13H,4-5,7-10H2,1H3/t13-/m0/s1. The smallest absolute Gasteiger partial charge is 0.236 e. The molecule has 124 valence electrons. The lowest BCUT2D eigenvalue weighted by molar-refractivity contribution is -0.133. The van der Waals surface area contributed by atoms with Gasteiger partial charge in [0.1, 0.15) is 12.7 Å². The molecule has 0 N–H and O–H groups in total. The molecule has 0 aromatic carbocycles. The van der Waals surface area contributed by atoms with E-state index in [1.807, 2.05) is 18.5 Å². The minimum Gasteiger partial charge on any atom is -0.374 e. The van der Waals surface area contributed by atoms with E-state index in [1.54, 1.807) is 27.2 Å². The molecule has 0 aliphatic carbocycles. The van der Waals surface area contributed by atoms with Crippen LogP contribution in [-0.4, -0.2) is 69.9 Å². The van der Waals surface area contributed by atoms with Crippen molar-refractivity contribution in [2.75, 3.05) is 33.3 Å². The average molecular weight is 335 g/mol. The quantitative estimate of drug-likeness (QED) is 0.778. The molecule has 3 rings (SSSR count). The van der Waals surface area contributed by atoms with Crippen LogP contribution in [0.5, 0.6) is 0 Å². The van der Waals surface area contributed by atoms with Gasteiger partial charge >= 0.3 is 0 Å². The Bertz CT molecular complexity index is 601. The van der Waals surface area contributed by atoms with Crippen LogP contribution < -0.4 is 0 Å². The van der Waals surface area contributed by atoms with E-state index in [0.717, 1.165) is 13.1 Å². The van der Waals surface area contributed by atoms with Gasteiger partial charge in [0.2, 0.25) is 5.91 Å². The third-order valence-electron chi connectivity index (χ3n) is 3.84. The van der Waals surface area contributed by atoms with Crippen LogP contribution in [0.3, 0.4) is 0 Å². The zero-order valence-corrected chi connectivity index (χ0v) is 14.0. The second kappa shape index (κ2) is 7.67. The number of rotatable bonds is 6. The molecule has 0 bridgehead atoms. The van der Waals surface area contributed by atoms with E-state index >= 15 is 0 Å². The lowest BCUT2D eigenvalue weighted by Crippen LogP contribution is -2.48. The van der Waals surface area contributed by atoms with E-state index in [2.05, 4.69) is 21.0 Å². The van der Waals surface area contributed by atoms with Crippen LogP contribution in [-0.2, 0) is 22.6 Å². The molecule has 2 aromatic rings. The highest BCUT2D eigenvalue weighted by Gasteiger charge is 2.23. The molecule has 0 spiro atoms. The van der Waals surface area contributed by atoms with Gasteiger partial charge in [0.15, 0.2) is 0 Å². The first kappa shape index (κ1) is 16.1. The third kappa shape index (κ3) is 4.60. The van der Waals surface area contributed by atoms with Crippen LogP contribution >= 0.6 is 11.3 Å². The normalized spacial score (nSPS) is 18.9. The van der Waals surface area contributed by atoms with Crippen molar-refractivity contribution in [2.24, 2.45) is 0 Å². The number of aromatic nitrogens is 3. The van der Waals surface area contributed by atoms with Crippen molar-refractivity contribution in [3.63, 3.8) is 0 Å². The second-order valence-electron chi connectivity index (χ2n) is 5.67. The molecule has 8 heteroatoms. The minimum absolute atomic E-state index is 0.0425. The fourth-order valence-electron chi connectivity index (χ4n) is 2.61. The predicted molar refractivity (Wildman–Crippen MR) is 87.0 cm³/mol. The van der Waals surface area contributed by atoms with Crippen molar-refractivity contribution in [1.29, 1.82) is 0 Å². The SMILES string of the molecule is CN(Cc1cccs1)C(=O)CN1CCO[C@H](Cn2cncn2)C1. The van der Waals surface area contributed by atoms with Crippen LogP contribution in [0, 0.1) is 0 Å². The molecule has 7 nitrogen and oxygen atoms in total.